The Kier molecular flexibility index (Phi) is 4.00. The van der Waals surface area contributed by atoms with E-state index in [4.69, 9.17) is 4.74 Å². The number of nitro benzene ring substituents is 1. The summed E-state index contributed by atoms with van der Waals surface area (Å²) in [6.07, 6.45) is 1.34. The second-order valence-electron chi connectivity index (χ2n) is 7.08. The van der Waals surface area contributed by atoms with E-state index in [0.29, 0.717) is 13.0 Å². The Morgan fingerprint density at radius 2 is 1.88 bits per heavy atom. The highest BCUT2D eigenvalue weighted by atomic mass is 16.6. The molecule has 0 radical (unpaired) electrons. The number of carbonyl (C=O) groups is 1. The van der Waals surface area contributed by atoms with Crippen molar-refractivity contribution in [3.63, 3.8) is 0 Å². The van der Waals surface area contributed by atoms with Gasteiger partial charge in [-0.25, -0.2) is 0 Å². The van der Waals surface area contributed by atoms with Crippen molar-refractivity contribution < 1.29 is 14.5 Å². The zero-order valence-corrected chi connectivity index (χ0v) is 14.5. The van der Waals surface area contributed by atoms with Gasteiger partial charge in [0.15, 0.2) is 5.72 Å². The van der Waals surface area contributed by atoms with E-state index in [1.165, 1.54) is 12.1 Å². The number of nitro groups is 1. The Bertz CT molecular complexity index is 837. The molecule has 0 spiro atoms. The normalized spacial score (nSPS) is 27.6. The third kappa shape index (κ3) is 2.66. The van der Waals surface area contributed by atoms with Crippen molar-refractivity contribution in [2.24, 2.45) is 5.92 Å². The van der Waals surface area contributed by atoms with Crippen LogP contribution in [0.15, 0.2) is 54.6 Å². The number of hydrogen-bond donors (Lipinski definition) is 0. The van der Waals surface area contributed by atoms with Gasteiger partial charge in [0.1, 0.15) is 0 Å². The highest BCUT2D eigenvalue weighted by molar-refractivity contribution is 5.83. The van der Waals surface area contributed by atoms with E-state index in [0.717, 1.165) is 17.5 Å². The number of nitrogens with zero attached hydrogens (tertiary/aromatic N) is 2. The molecule has 6 nitrogen and oxygen atoms in total. The predicted octanol–water partition coefficient (Wildman–Crippen LogP) is 3.26. The van der Waals surface area contributed by atoms with Crippen LogP contribution in [0.4, 0.5) is 5.69 Å². The van der Waals surface area contributed by atoms with Crippen LogP contribution in [-0.2, 0) is 21.7 Å². The molecule has 26 heavy (non-hydrogen) atoms. The fourth-order valence-electron chi connectivity index (χ4n) is 4.12. The van der Waals surface area contributed by atoms with Gasteiger partial charge in [-0.05, 0) is 25.3 Å². The monoisotopic (exact) mass is 352 g/mol. The van der Waals surface area contributed by atoms with Crippen molar-refractivity contribution in [2.45, 2.75) is 31.5 Å². The number of amides is 1. The molecule has 0 unspecified atom stereocenters. The van der Waals surface area contributed by atoms with Crippen molar-refractivity contribution in [1.82, 2.24) is 4.90 Å². The highest BCUT2D eigenvalue weighted by Crippen LogP contribution is 2.44. The average molecular weight is 352 g/mol. The maximum atomic E-state index is 13.1. The quantitative estimate of drug-likeness (QED) is 0.625. The van der Waals surface area contributed by atoms with Gasteiger partial charge in [-0.2, -0.15) is 0 Å². The fourth-order valence-corrected chi connectivity index (χ4v) is 4.12. The molecule has 0 aromatic heterocycles. The first kappa shape index (κ1) is 16.7. The molecular formula is C20H20N2O4. The lowest BCUT2D eigenvalue weighted by molar-refractivity contribution is -0.384. The number of carbonyl (C=O) groups excluding carboxylic acids is 1. The number of rotatable bonds is 4. The van der Waals surface area contributed by atoms with Crippen molar-refractivity contribution in [2.75, 3.05) is 6.61 Å². The molecule has 2 fully saturated rings. The third-order valence-corrected chi connectivity index (χ3v) is 5.46. The summed E-state index contributed by atoms with van der Waals surface area (Å²) in [6.45, 7) is 2.49. The van der Waals surface area contributed by atoms with E-state index < -0.39 is 10.6 Å². The second kappa shape index (κ2) is 6.21. The topological polar surface area (TPSA) is 72.7 Å². The SMILES string of the molecule is C[C@]1(c2ccccc2)OC[C@@H]2C[C@H](Cc3ccc([N+](=O)[O-])cc3)C(=O)N21. The fraction of sp³-hybridized carbons (Fsp3) is 0.350. The average Bonchev–Trinajstić information content (AvgIpc) is 3.15. The summed E-state index contributed by atoms with van der Waals surface area (Å²) >= 11 is 0. The van der Waals surface area contributed by atoms with Crippen LogP contribution in [0.3, 0.4) is 0 Å². The van der Waals surface area contributed by atoms with Crippen LogP contribution in [0.1, 0.15) is 24.5 Å². The molecular weight excluding hydrogens is 332 g/mol. The molecule has 0 saturated carbocycles. The van der Waals surface area contributed by atoms with Gasteiger partial charge in [0, 0.05) is 23.6 Å². The van der Waals surface area contributed by atoms with E-state index in [-0.39, 0.29) is 23.6 Å². The van der Waals surface area contributed by atoms with Crippen molar-refractivity contribution >= 4 is 11.6 Å². The van der Waals surface area contributed by atoms with Gasteiger partial charge in [-0.15, -0.1) is 0 Å². The molecule has 2 aromatic rings. The van der Waals surface area contributed by atoms with E-state index in [1.54, 1.807) is 12.1 Å². The van der Waals surface area contributed by atoms with Crippen LogP contribution in [0.25, 0.3) is 0 Å². The molecule has 2 aliphatic heterocycles. The summed E-state index contributed by atoms with van der Waals surface area (Å²) in [7, 11) is 0. The molecule has 2 aromatic carbocycles. The number of fused-ring (bicyclic) bond motifs is 1. The summed E-state index contributed by atoms with van der Waals surface area (Å²) in [6, 6.07) is 16.4. The Morgan fingerprint density at radius 3 is 2.54 bits per heavy atom. The zero-order valence-electron chi connectivity index (χ0n) is 14.5. The first-order valence-corrected chi connectivity index (χ1v) is 8.75. The lowest BCUT2D eigenvalue weighted by Crippen LogP contribution is -2.44. The molecule has 2 saturated heterocycles. The minimum Gasteiger partial charge on any atom is -0.349 e. The first-order valence-electron chi connectivity index (χ1n) is 8.75. The summed E-state index contributed by atoms with van der Waals surface area (Å²) in [5.74, 6) is -0.0226. The van der Waals surface area contributed by atoms with E-state index in [9.17, 15) is 14.9 Å². The summed E-state index contributed by atoms with van der Waals surface area (Å²) in [5, 5.41) is 10.8. The zero-order chi connectivity index (χ0) is 18.3. The number of hydrogen-bond acceptors (Lipinski definition) is 4. The Hall–Kier alpha value is -2.73. The Balaban J connectivity index is 1.54. The van der Waals surface area contributed by atoms with Gasteiger partial charge in [-0.1, -0.05) is 42.5 Å². The molecule has 2 heterocycles. The third-order valence-electron chi connectivity index (χ3n) is 5.46. The molecule has 2 aliphatic rings. The van der Waals surface area contributed by atoms with Crippen molar-refractivity contribution in [3.8, 4) is 0 Å². The Morgan fingerprint density at radius 1 is 1.19 bits per heavy atom. The van der Waals surface area contributed by atoms with Crippen LogP contribution in [-0.4, -0.2) is 28.4 Å². The van der Waals surface area contributed by atoms with Crippen LogP contribution >= 0.6 is 0 Å². The molecule has 1 amide bonds. The lowest BCUT2D eigenvalue weighted by Gasteiger charge is -2.34. The van der Waals surface area contributed by atoms with Gasteiger partial charge in [0.2, 0.25) is 5.91 Å². The minimum atomic E-state index is -0.729. The van der Waals surface area contributed by atoms with Gasteiger partial charge >= 0.3 is 0 Å². The molecule has 4 rings (SSSR count). The van der Waals surface area contributed by atoms with Crippen LogP contribution in [0.5, 0.6) is 0 Å². The number of benzene rings is 2. The summed E-state index contributed by atoms with van der Waals surface area (Å²) < 4.78 is 6.03. The van der Waals surface area contributed by atoms with E-state index >= 15 is 0 Å². The Labute approximate surface area is 151 Å². The van der Waals surface area contributed by atoms with E-state index in [1.807, 2.05) is 42.2 Å². The van der Waals surface area contributed by atoms with Crippen LogP contribution in [0, 0.1) is 16.0 Å². The largest absolute Gasteiger partial charge is 0.349 e. The first-order chi connectivity index (χ1) is 12.5. The molecule has 0 N–H and O–H groups in total. The summed E-state index contributed by atoms with van der Waals surface area (Å²) in [5.41, 5.74) is 1.26. The molecule has 0 aliphatic carbocycles. The van der Waals surface area contributed by atoms with Crippen molar-refractivity contribution in [1.29, 1.82) is 0 Å². The molecule has 6 heteroatoms. The second-order valence-corrected chi connectivity index (χ2v) is 7.08. The van der Waals surface area contributed by atoms with Crippen molar-refractivity contribution in [3.05, 3.63) is 75.8 Å². The minimum absolute atomic E-state index is 0.0668. The highest BCUT2D eigenvalue weighted by Gasteiger charge is 2.54. The molecule has 134 valence electrons. The van der Waals surface area contributed by atoms with Gasteiger partial charge in [0.05, 0.1) is 17.6 Å². The molecule has 3 atom stereocenters. The standard InChI is InChI=1S/C20H20N2O4/c1-20(16-5-3-2-4-6-16)21-18(13-26-20)12-15(19(21)23)11-14-7-9-17(10-8-14)22(24)25/h2-10,15,18H,11-13H2,1H3/t15-,18-,20+/m0/s1. The number of ether oxygens (including phenoxy) is 1. The van der Waals surface area contributed by atoms with E-state index in [2.05, 4.69) is 0 Å². The van der Waals surface area contributed by atoms with Crippen LogP contribution in [0.2, 0.25) is 0 Å². The smallest absolute Gasteiger partial charge is 0.269 e. The number of non-ortho nitro benzene ring substituents is 1. The lowest BCUT2D eigenvalue weighted by atomic mass is 9.96. The van der Waals surface area contributed by atoms with Crippen LogP contribution < -0.4 is 0 Å². The predicted molar refractivity (Wildman–Crippen MR) is 95.3 cm³/mol. The van der Waals surface area contributed by atoms with Gasteiger partial charge in [-0.3, -0.25) is 14.9 Å². The maximum absolute atomic E-state index is 13.1. The molecule has 0 bridgehead atoms. The summed E-state index contributed by atoms with van der Waals surface area (Å²) in [4.78, 5) is 25.3. The van der Waals surface area contributed by atoms with Gasteiger partial charge in [0.25, 0.3) is 5.69 Å². The maximum Gasteiger partial charge on any atom is 0.269 e. The van der Waals surface area contributed by atoms with Gasteiger partial charge < -0.3 is 9.64 Å².